The predicted molar refractivity (Wildman–Crippen MR) is 87.3 cm³/mol. The molecule has 0 saturated heterocycles. The van der Waals surface area contributed by atoms with Gasteiger partial charge < -0.3 is 9.64 Å². The second-order valence-corrected chi connectivity index (χ2v) is 6.54. The van der Waals surface area contributed by atoms with Gasteiger partial charge in [0.25, 0.3) is 5.91 Å². The fourth-order valence-corrected chi connectivity index (χ4v) is 3.82. The minimum absolute atomic E-state index is 0.0390. The number of aryl methyl sites for hydroxylation is 3. The summed E-state index contributed by atoms with van der Waals surface area (Å²) in [5, 5.41) is 1.11. The number of carbonyl (C=O) groups excluding carboxylic acids is 1. The molecule has 0 radical (unpaired) electrons. The molecule has 1 amide bonds. The van der Waals surface area contributed by atoms with Crippen molar-refractivity contribution in [3.8, 4) is 0 Å². The first-order chi connectivity index (χ1) is 9.86. The molecule has 21 heavy (non-hydrogen) atoms. The molecule has 0 spiro atoms. The average molecular weight is 306 g/mol. The van der Waals surface area contributed by atoms with Gasteiger partial charge in [-0.15, -0.1) is 11.3 Å². The zero-order valence-electron chi connectivity index (χ0n) is 13.5. The maximum absolute atomic E-state index is 12.7. The van der Waals surface area contributed by atoms with Crippen LogP contribution < -0.4 is 0 Å². The number of thiophene rings is 1. The van der Waals surface area contributed by atoms with Crippen molar-refractivity contribution >= 4 is 27.5 Å². The maximum atomic E-state index is 12.7. The molecular weight excluding hydrogens is 284 g/mol. The van der Waals surface area contributed by atoms with E-state index in [1.165, 1.54) is 16.9 Å². The molecular formula is C16H22N2O2S. The number of pyridine rings is 1. The molecule has 2 heterocycles. The van der Waals surface area contributed by atoms with Gasteiger partial charge >= 0.3 is 0 Å². The Morgan fingerprint density at radius 2 is 2.10 bits per heavy atom. The number of ether oxygens (including phenoxy) is 1. The Morgan fingerprint density at radius 3 is 2.71 bits per heavy atom. The highest BCUT2D eigenvalue weighted by Crippen LogP contribution is 2.33. The van der Waals surface area contributed by atoms with Gasteiger partial charge in [-0.1, -0.05) is 0 Å². The molecule has 4 nitrogen and oxygen atoms in total. The molecule has 0 unspecified atom stereocenters. The summed E-state index contributed by atoms with van der Waals surface area (Å²) < 4.78 is 5.13. The molecule has 0 saturated carbocycles. The summed E-state index contributed by atoms with van der Waals surface area (Å²) in [6.45, 7) is 8.57. The summed E-state index contributed by atoms with van der Waals surface area (Å²) in [7, 11) is 3.47. The number of fused-ring (bicyclic) bond motifs is 1. The van der Waals surface area contributed by atoms with E-state index in [-0.39, 0.29) is 11.9 Å². The molecule has 2 rings (SSSR count). The zero-order valence-corrected chi connectivity index (χ0v) is 14.3. The molecule has 2 aromatic heterocycles. The van der Waals surface area contributed by atoms with Crippen LogP contribution in [0.5, 0.6) is 0 Å². The first kappa shape index (κ1) is 15.9. The standard InChI is InChI=1S/C16H22N2O2S/c1-9-7-10(2)17-15-13(9)12(4)14(21-15)16(19)18(5)11(3)8-20-6/h7,11H,8H2,1-6H3/t11-/m1/s1. The first-order valence-corrected chi connectivity index (χ1v) is 7.81. The van der Waals surface area contributed by atoms with Crippen LogP contribution in [0.25, 0.3) is 10.2 Å². The van der Waals surface area contributed by atoms with Crippen molar-refractivity contribution < 1.29 is 9.53 Å². The Balaban J connectivity index is 2.45. The third-order valence-corrected chi connectivity index (χ3v) is 4.98. The lowest BCUT2D eigenvalue weighted by Gasteiger charge is -2.24. The number of hydrogen-bond donors (Lipinski definition) is 0. The molecule has 2 aromatic rings. The SMILES string of the molecule is COC[C@@H](C)N(C)C(=O)c1sc2nc(C)cc(C)c2c1C. The van der Waals surface area contributed by atoms with E-state index >= 15 is 0 Å². The van der Waals surface area contributed by atoms with E-state index in [9.17, 15) is 4.79 Å². The monoisotopic (exact) mass is 306 g/mol. The Hall–Kier alpha value is -1.46. The summed E-state index contributed by atoms with van der Waals surface area (Å²) in [6.07, 6.45) is 0. The number of carbonyl (C=O) groups is 1. The van der Waals surface area contributed by atoms with Crippen LogP contribution in [0, 0.1) is 20.8 Å². The minimum Gasteiger partial charge on any atom is -0.383 e. The summed E-state index contributed by atoms with van der Waals surface area (Å²) >= 11 is 1.48. The van der Waals surface area contributed by atoms with Crippen LogP contribution >= 0.6 is 11.3 Å². The molecule has 114 valence electrons. The summed E-state index contributed by atoms with van der Waals surface area (Å²) in [4.78, 5) is 20.7. The van der Waals surface area contributed by atoms with E-state index < -0.39 is 0 Å². The molecule has 0 aliphatic heterocycles. The quantitative estimate of drug-likeness (QED) is 0.870. The van der Waals surface area contributed by atoms with Crippen LogP contribution in [0.1, 0.15) is 33.4 Å². The predicted octanol–water partition coefficient (Wildman–Crippen LogP) is 3.33. The van der Waals surface area contributed by atoms with Crippen LogP contribution in [0.3, 0.4) is 0 Å². The Morgan fingerprint density at radius 1 is 1.43 bits per heavy atom. The van der Waals surface area contributed by atoms with Crippen LogP contribution in [0.15, 0.2) is 6.07 Å². The highest BCUT2D eigenvalue weighted by atomic mass is 32.1. The van der Waals surface area contributed by atoms with Crippen molar-refractivity contribution in [3.63, 3.8) is 0 Å². The van der Waals surface area contributed by atoms with E-state index in [0.29, 0.717) is 6.61 Å². The van der Waals surface area contributed by atoms with Crippen molar-refractivity contribution in [1.29, 1.82) is 0 Å². The number of nitrogens with zero attached hydrogens (tertiary/aromatic N) is 2. The molecule has 5 heteroatoms. The lowest BCUT2D eigenvalue weighted by atomic mass is 10.1. The van der Waals surface area contributed by atoms with Crippen LogP contribution in [-0.4, -0.2) is 42.6 Å². The fraction of sp³-hybridized carbons (Fsp3) is 0.500. The highest BCUT2D eigenvalue weighted by Gasteiger charge is 2.23. The van der Waals surface area contributed by atoms with E-state index in [0.717, 1.165) is 26.4 Å². The molecule has 1 atom stereocenters. The van der Waals surface area contributed by atoms with Crippen molar-refractivity contribution in [1.82, 2.24) is 9.88 Å². The van der Waals surface area contributed by atoms with Crippen molar-refractivity contribution in [2.24, 2.45) is 0 Å². The van der Waals surface area contributed by atoms with E-state index in [1.54, 1.807) is 12.0 Å². The molecule has 0 aliphatic rings. The van der Waals surface area contributed by atoms with Gasteiger partial charge in [-0.3, -0.25) is 4.79 Å². The van der Waals surface area contributed by atoms with Gasteiger partial charge in [0, 0.05) is 25.2 Å². The molecule has 0 fully saturated rings. The normalized spacial score (nSPS) is 12.7. The Bertz CT molecular complexity index is 678. The summed E-state index contributed by atoms with van der Waals surface area (Å²) in [5.41, 5.74) is 3.20. The number of rotatable bonds is 4. The van der Waals surface area contributed by atoms with Gasteiger partial charge in [0.1, 0.15) is 4.83 Å². The van der Waals surface area contributed by atoms with E-state index in [4.69, 9.17) is 4.74 Å². The smallest absolute Gasteiger partial charge is 0.264 e. The fourth-order valence-electron chi connectivity index (χ4n) is 2.54. The van der Waals surface area contributed by atoms with E-state index in [1.807, 2.05) is 27.8 Å². The van der Waals surface area contributed by atoms with Gasteiger partial charge in [0.05, 0.1) is 17.5 Å². The maximum Gasteiger partial charge on any atom is 0.264 e. The Labute approximate surface area is 129 Å². The molecule has 0 bridgehead atoms. The van der Waals surface area contributed by atoms with Gasteiger partial charge in [0.15, 0.2) is 0 Å². The second kappa shape index (κ2) is 6.12. The highest BCUT2D eigenvalue weighted by molar-refractivity contribution is 7.20. The first-order valence-electron chi connectivity index (χ1n) is 7.00. The number of methoxy groups -OCH3 is 1. The van der Waals surface area contributed by atoms with Crippen molar-refractivity contribution in [2.75, 3.05) is 20.8 Å². The third kappa shape index (κ3) is 2.94. The average Bonchev–Trinajstić information content (AvgIpc) is 2.74. The van der Waals surface area contributed by atoms with Gasteiger partial charge in [-0.2, -0.15) is 0 Å². The number of aromatic nitrogens is 1. The summed E-state index contributed by atoms with van der Waals surface area (Å²) in [5.74, 6) is 0.0390. The molecule has 0 aliphatic carbocycles. The molecule has 0 N–H and O–H groups in total. The van der Waals surface area contributed by atoms with Crippen LogP contribution in [0.2, 0.25) is 0 Å². The van der Waals surface area contributed by atoms with Crippen molar-refractivity contribution in [3.05, 3.63) is 27.8 Å². The summed E-state index contributed by atoms with van der Waals surface area (Å²) in [6, 6.07) is 2.11. The largest absolute Gasteiger partial charge is 0.383 e. The lowest BCUT2D eigenvalue weighted by molar-refractivity contribution is 0.0637. The third-order valence-electron chi connectivity index (χ3n) is 3.81. The van der Waals surface area contributed by atoms with E-state index in [2.05, 4.69) is 18.0 Å². The van der Waals surface area contributed by atoms with Gasteiger partial charge in [0.2, 0.25) is 0 Å². The molecule has 0 aromatic carbocycles. The van der Waals surface area contributed by atoms with Crippen molar-refractivity contribution in [2.45, 2.75) is 33.7 Å². The van der Waals surface area contributed by atoms with Crippen LogP contribution in [-0.2, 0) is 4.74 Å². The number of hydrogen-bond acceptors (Lipinski definition) is 4. The second-order valence-electron chi connectivity index (χ2n) is 5.54. The topological polar surface area (TPSA) is 42.4 Å². The number of amides is 1. The lowest BCUT2D eigenvalue weighted by Crippen LogP contribution is -2.37. The van der Waals surface area contributed by atoms with Crippen LogP contribution in [0.4, 0.5) is 0 Å². The zero-order chi connectivity index (χ0) is 15.7. The number of likely N-dealkylation sites (N-methyl/N-ethyl adjacent to an activating group) is 1. The minimum atomic E-state index is 0.0390. The Kier molecular flexibility index (Phi) is 4.64. The van der Waals surface area contributed by atoms with Gasteiger partial charge in [-0.25, -0.2) is 4.98 Å². The van der Waals surface area contributed by atoms with Gasteiger partial charge in [-0.05, 0) is 44.9 Å².